The second-order valence-corrected chi connectivity index (χ2v) is 8.49. The van der Waals surface area contributed by atoms with Crippen molar-refractivity contribution in [2.45, 2.75) is 19.6 Å². The highest BCUT2D eigenvalue weighted by Gasteiger charge is 2.20. The van der Waals surface area contributed by atoms with Gasteiger partial charge in [0.25, 0.3) is 0 Å². The minimum Gasteiger partial charge on any atom is -0.392 e. The van der Waals surface area contributed by atoms with E-state index in [0.29, 0.717) is 0 Å². The molecule has 0 radical (unpaired) electrons. The Balaban J connectivity index is 3.35. The van der Waals surface area contributed by atoms with Crippen molar-refractivity contribution >= 4 is 16.6 Å². The van der Waals surface area contributed by atoms with Crippen molar-refractivity contribution in [2.24, 2.45) is 0 Å². The van der Waals surface area contributed by atoms with E-state index in [-0.39, 0.29) is 6.79 Å². The minimum atomic E-state index is -1.98. The Labute approximate surface area is 68.9 Å². The molecule has 4 nitrogen and oxygen atoms in total. The quantitative estimate of drug-likeness (QED) is 0.384. The van der Waals surface area contributed by atoms with Gasteiger partial charge in [-0.05, 0) is 19.6 Å². The molecule has 0 bridgehead atoms. The second-order valence-electron chi connectivity index (χ2n) is 2.91. The third-order valence-corrected chi connectivity index (χ3v) is 2.40. The van der Waals surface area contributed by atoms with Gasteiger partial charge in [-0.15, -0.1) is 4.52 Å². The van der Waals surface area contributed by atoms with Crippen LogP contribution in [0.5, 0.6) is 0 Å². The molecule has 0 fully saturated rings. The maximum atomic E-state index is 10.5. The van der Waals surface area contributed by atoms with Crippen molar-refractivity contribution < 1.29 is 18.0 Å². The Bertz CT molecular complexity index is 133. The van der Waals surface area contributed by atoms with Crippen LogP contribution in [0.3, 0.4) is 0 Å². The third kappa shape index (κ3) is 8.10. The monoisotopic (exact) mass is 197 g/mol. The van der Waals surface area contributed by atoms with Gasteiger partial charge in [0.05, 0.1) is 7.11 Å². The van der Waals surface area contributed by atoms with Crippen LogP contribution in [0.4, 0.5) is 0 Å². The lowest BCUT2D eigenvalue weighted by Gasteiger charge is -2.13. The SMILES string of the molecule is CO[P+](=O)OCO[Si](C)(C)C. The van der Waals surface area contributed by atoms with Crippen LogP contribution in [0.2, 0.25) is 19.6 Å². The first-order valence-corrected chi connectivity index (χ1v) is 7.74. The van der Waals surface area contributed by atoms with Crippen LogP contribution in [0.1, 0.15) is 0 Å². The summed E-state index contributed by atoms with van der Waals surface area (Å²) in [6.45, 7) is 6.13. The highest BCUT2D eigenvalue weighted by Crippen LogP contribution is 2.21. The van der Waals surface area contributed by atoms with E-state index in [1.165, 1.54) is 7.11 Å². The van der Waals surface area contributed by atoms with E-state index in [1.54, 1.807) is 0 Å². The maximum absolute atomic E-state index is 10.5. The minimum absolute atomic E-state index is 0.0543. The molecule has 0 aliphatic heterocycles. The smallest absolute Gasteiger partial charge is 0.392 e. The molecule has 0 saturated heterocycles. The summed E-state index contributed by atoms with van der Waals surface area (Å²) in [5.41, 5.74) is 0. The predicted octanol–water partition coefficient (Wildman–Crippen LogP) is 2.12. The van der Waals surface area contributed by atoms with Crippen molar-refractivity contribution in [2.75, 3.05) is 13.9 Å². The van der Waals surface area contributed by atoms with Gasteiger partial charge in [-0.25, -0.2) is 0 Å². The van der Waals surface area contributed by atoms with Crippen molar-refractivity contribution in [3.63, 3.8) is 0 Å². The largest absolute Gasteiger partial charge is 0.699 e. The van der Waals surface area contributed by atoms with Crippen LogP contribution in [-0.2, 0) is 18.0 Å². The first-order valence-electron chi connectivity index (χ1n) is 3.24. The Morgan fingerprint density at radius 3 is 2.27 bits per heavy atom. The van der Waals surface area contributed by atoms with Gasteiger partial charge in [0.1, 0.15) is 0 Å². The van der Waals surface area contributed by atoms with E-state index in [4.69, 9.17) is 4.43 Å². The molecule has 0 amide bonds. The topological polar surface area (TPSA) is 44.8 Å². The molecule has 11 heavy (non-hydrogen) atoms. The molecule has 0 spiro atoms. The van der Waals surface area contributed by atoms with Gasteiger partial charge in [0.2, 0.25) is 0 Å². The Hall–Kier alpha value is 0.197. The molecule has 0 aliphatic carbocycles. The molecule has 0 aromatic carbocycles. The zero-order valence-electron chi connectivity index (χ0n) is 7.29. The molecule has 66 valence electrons. The maximum Gasteiger partial charge on any atom is 0.699 e. The predicted molar refractivity (Wildman–Crippen MR) is 45.0 cm³/mol. The molecule has 6 heteroatoms. The second kappa shape index (κ2) is 4.95. The summed E-state index contributed by atoms with van der Waals surface area (Å²) in [6.07, 6.45) is 0. The highest BCUT2D eigenvalue weighted by molar-refractivity contribution is 7.33. The van der Waals surface area contributed by atoms with Gasteiger partial charge in [0, 0.05) is 4.57 Å². The van der Waals surface area contributed by atoms with Gasteiger partial charge < -0.3 is 4.43 Å². The fourth-order valence-corrected chi connectivity index (χ4v) is 1.05. The summed E-state index contributed by atoms with van der Waals surface area (Å²) in [7, 11) is -2.20. The van der Waals surface area contributed by atoms with Gasteiger partial charge in [0.15, 0.2) is 15.1 Å². The van der Waals surface area contributed by atoms with Crippen LogP contribution in [-0.4, -0.2) is 22.2 Å². The molecule has 0 rings (SSSR count). The highest BCUT2D eigenvalue weighted by atomic mass is 31.1. The van der Waals surface area contributed by atoms with Crippen molar-refractivity contribution in [1.82, 2.24) is 0 Å². The molecule has 0 heterocycles. The van der Waals surface area contributed by atoms with Crippen LogP contribution in [0.15, 0.2) is 0 Å². The molecule has 1 atom stereocenters. The summed E-state index contributed by atoms with van der Waals surface area (Å²) in [5.74, 6) is 0. The fourth-order valence-electron chi connectivity index (χ4n) is 0.299. The van der Waals surface area contributed by atoms with Gasteiger partial charge >= 0.3 is 8.25 Å². The van der Waals surface area contributed by atoms with E-state index in [2.05, 4.69) is 9.05 Å². The standard InChI is InChI=1S/C5H14O4PSi/c1-7-10(6)8-5-9-11(2,3)4/h5H2,1-4H3/q+1. The lowest BCUT2D eigenvalue weighted by Crippen LogP contribution is -2.25. The van der Waals surface area contributed by atoms with E-state index in [0.717, 1.165) is 0 Å². The van der Waals surface area contributed by atoms with E-state index >= 15 is 0 Å². The molecule has 0 aromatic rings. The van der Waals surface area contributed by atoms with Crippen LogP contribution >= 0.6 is 8.25 Å². The van der Waals surface area contributed by atoms with E-state index in [1.807, 2.05) is 19.6 Å². The fraction of sp³-hybridized carbons (Fsp3) is 1.00. The number of rotatable bonds is 5. The number of hydrogen-bond acceptors (Lipinski definition) is 4. The van der Waals surface area contributed by atoms with Crippen molar-refractivity contribution in [1.29, 1.82) is 0 Å². The zero-order chi connectivity index (χ0) is 8.91. The average molecular weight is 197 g/mol. The normalized spacial score (nSPS) is 13.3. The Morgan fingerprint density at radius 2 is 1.91 bits per heavy atom. The van der Waals surface area contributed by atoms with Crippen LogP contribution in [0.25, 0.3) is 0 Å². The zero-order valence-corrected chi connectivity index (χ0v) is 9.18. The molecule has 0 aliphatic rings. The lowest BCUT2D eigenvalue weighted by molar-refractivity contribution is 0.104. The Kier molecular flexibility index (Phi) is 5.04. The summed E-state index contributed by atoms with van der Waals surface area (Å²) in [5, 5.41) is 0. The van der Waals surface area contributed by atoms with Crippen molar-refractivity contribution in [3.8, 4) is 0 Å². The molecule has 0 aromatic heterocycles. The first kappa shape index (κ1) is 11.2. The van der Waals surface area contributed by atoms with Crippen LogP contribution in [0, 0.1) is 0 Å². The molecular formula is C5H14O4PSi+. The van der Waals surface area contributed by atoms with Crippen LogP contribution < -0.4 is 0 Å². The van der Waals surface area contributed by atoms with Gasteiger partial charge in [-0.3, -0.25) is 0 Å². The summed E-state index contributed by atoms with van der Waals surface area (Å²) in [4.78, 5) is 0. The summed E-state index contributed by atoms with van der Waals surface area (Å²) >= 11 is 0. The summed E-state index contributed by atoms with van der Waals surface area (Å²) in [6, 6.07) is 0. The average Bonchev–Trinajstić information content (AvgIpc) is 1.85. The molecule has 0 N–H and O–H groups in total. The lowest BCUT2D eigenvalue weighted by atomic mass is 11.6. The van der Waals surface area contributed by atoms with E-state index < -0.39 is 16.6 Å². The molecule has 0 saturated carbocycles. The first-order chi connectivity index (χ1) is 4.95. The Morgan fingerprint density at radius 1 is 1.36 bits per heavy atom. The van der Waals surface area contributed by atoms with E-state index in [9.17, 15) is 4.57 Å². The van der Waals surface area contributed by atoms with Gasteiger partial charge in [-0.1, -0.05) is 4.52 Å². The van der Waals surface area contributed by atoms with Crippen molar-refractivity contribution in [3.05, 3.63) is 0 Å². The third-order valence-electron chi connectivity index (χ3n) is 0.799. The molecular weight excluding hydrogens is 183 g/mol. The van der Waals surface area contributed by atoms with Gasteiger partial charge in [-0.2, -0.15) is 0 Å². The summed E-state index contributed by atoms with van der Waals surface area (Å²) < 4.78 is 24.8. The number of hydrogen-bond donors (Lipinski definition) is 0. The molecule has 1 unspecified atom stereocenters.